The average molecular weight is 500 g/mol. The number of anilines is 2. The molecular weight excluding hydrogens is 478 g/mol. The number of para-hydroxylation sites is 1. The fraction of sp³-hybridized carbons (Fsp3) is 0.179. The molecule has 6 rings (SSSR count). The van der Waals surface area contributed by atoms with E-state index in [4.69, 9.17) is 16.3 Å². The number of ether oxygens (including phenoxy) is 1. The Morgan fingerprint density at radius 3 is 2.44 bits per heavy atom. The fourth-order valence-corrected chi connectivity index (χ4v) is 5.85. The Morgan fingerprint density at radius 1 is 0.944 bits per heavy atom. The van der Waals surface area contributed by atoms with Gasteiger partial charge in [0.15, 0.2) is 0 Å². The van der Waals surface area contributed by atoms with E-state index in [9.17, 15) is 14.4 Å². The van der Waals surface area contributed by atoms with Gasteiger partial charge in [0.25, 0.3) is 0 Å². The molecule has 8 heteroatoms. The van der Waals surface area contributed by atoms with Crippen LogP contribution in [-0.4, -0.2) is 35.8 Å². The maximum absolute atomic E-state index is 13.8. The molecule has 7 nitrogen and oxygen atoms in total. The maximum Gasteiger partial charge on any atom is 0.248 e. The summed E-state index contributed by atoms with van der Waals surface area (Å²) in [5, 5.41) is 3.33. The maximum atomic E-state index is 13.8. The van der Waals surface area contributed by atoms with Crippen LogP contribution in [0.5, 0.6) is 5.75 Å². The molecule has 3 aromatic rings. The number of carbonyl (C=O) groups is 3. The topological polar surface area (TPSA) is 79.0 Å². The van der Waals surface area contributed by atoms with Gasteiger partial charge < -0.3 is 15.0 Å². The first-order valence-corrected chi connectivity index (χ1v) is 12.0. The van der Waals surface area contributed by atoms with Crippen molar-refractivity contribution in [3.05, 3.63) is 95.1 Å². The van der Waals surface area contributed by atoms with E-state index in [0.29, 0.717) is 22.1 Å². The third-order valence-corrected chi connectivity index (χ3v) is 7.40. The molecule has 4 atom stereocenters. The van der Waals surface area contributed by atoms with Crippen molar-refractivity contribution in [1.82, 2.24) is 4.90 Å². The second-order valence-electron chi connectivity index (χ2n) is 9.01. The first kappa shape index (κ1) is 22.4. The Labute approximate surface area is 212 Å². The third kappa shape index (κ3) is 3.31. The molecule has 0 saturated carbocycles. The van der Waals surface area contributed by atoms with Gasteiger partial charge in [0.1, 0.15) is 11.8 Å². The van der Waals surface area contributed by atoms with E-state index in [0.717, 1.165) is 11.1 Å². The lowest BCUT2D eigenvalue weighted by atomic mass is 9.84. The second-order valence-corrected chi connectivity index (χ2v) is 9.45. The van der Waals surface area contributed by atoms with Crippen molar-refractivity contribution in [1.29, 1.82) is 0 Å². The van der Waals surface area contributed by atoms with Gasteiger partial charge in [0.05, 0.1) is 36.4 Å². The lowest BCUT2D eigenvalue weighted by Gasteiger charge is -2.35. The zero-order valence-electron chi connectivity index (χ0n) is 19.3. The minimum absolute atomic E-state index is 0.299. The van der Waals surface area contributed by atoms with E-state index < -0.39 is 29.8 Å². The van der Waals surface area contributed by atoms with E-state index in [2.05, 4.69) is 5.32 Å². The number of fused-ring (bicyclic) bond motifs is 5. The van der Waals surface area contributed by atoms with E-state index in [-0.39, 0.29) is 11.8 Å². The predicted molar refractivity (Wildman–Crippen MR) is 136 cm³/mol. The highest BCUT2D eigenvalue weighted by atomic mass is 35.5. The Bertz CT molecular complexity index is 1420. The van der Waals surface area contributed by atoms with Gasteiger partial charge >= 0.3 is 0 Å². The average Bonchev–Trinajstić information content (AvgIpc) is 3.37. The first-order valence-electron chi connectivity index (χ1n) is 11.6. The number of rotatable bonds is 4. The van der Waals surface area contributed by atoms with Crippen molar-refractivity contribution < 1.29 is 19.1 Å². The number of imide groups is 1. The van der Waals surface area contributed by atoms with Crippen LogP contribution in [0.15, 0.2) is 79.0 Å². The molecule has 3 aromatic carbocycles. The standard InChI is InChI=1S/C28H22ClN3O4/c1-36-21-12-11-17(29)15-20(21)30-26(33)25-23-22(24-19-10-6-5-7-16(19)13-14-31(24)25)27(34)32(28(23)35)18-8-3-2-4-9-18/h2-15,22-25H,1H3,(H,30,33). The summed E-state index contributed by atoms with van der Waals surface area (Å²) < 4.78 is 5.39. The summed E-state index contributed by atoms with van der Waals surface area (Å²) in [4.78, 5) is 44.6. The summed E-state index contributed by atoms with van der Waals surface area (Å²) in [5.74, 6) is -2.21. The highest BCUT2D eigenvalue weighted by Crippen LogP contribution is 2.53. The Balaban J connectivity index is 1.45. The van der Waals surface area contributed by atoms with Crippen molar-refractivity contribution >= 4 is 46.8 Å². The van der Waals surface area contributed by atoms with Crippen LogP contribution >= 0.6 is 11.6 Å². The van der Waals surface area contributed by atoms with Crippen molar-refractivity contribution in [3.8, 4) is 5.75 Å². The number of carbonyl (C=O) groups excluding carboxylic acids is 3. The van der Waals surface area contributed by atoms with Crippen LogP contribution in [0.25, 0.3) is 6.08 Å². The monoisotopic (exact) mass is 499 g/mol. The zero-order valence-corrected chi connectivity index (χ0v) is 20.1. The van der Waals surface area contributed by atoms with Crippen LogP contribution in [0, 0.1) is 11.8 Å². The second kappa shape index (κ2) is 8.53. The van der Waals surface area contributed by atoms with Gasteiger partial charge in [-0.25, -0.2) is 4.90 Å². The van der Waals surface area contributed by atoms with Gasteiger partial charge in [-0.2, -0.15) is 0 Å². The third-order valence-electron chi connectivity index (χ3n) is 7.16. The number of hydrogen-bond donors (Lipinski definition) is 1. The van der Waals surface area contributed by atoms with Gasteiger partial charge in [0, 0.05) is 11.2 Å². The van der Waals surface area contributed by atoms with Crippen LogP contribution in [-0.2, 0) is 14.4 Å². The number of benzene rings is 3. The zero-order chi connectivity index (χ0) is 25.0. The Hall–Kier alpha value is -4.10. The number of nitrogens with zero attached hydrogens (tertiary/aromatic N) is 2. The van der Waals surface area contributed by atoms with E-state index in [1.54, 1.807) is 42.5 Å². The summed E-state index contributed by atoms with van der Waals surface area (Å²) in [5.41, 5.74) is 2.78. The van der Waals surface area contributed by atoms with E-state index >= 15 is 0 Å². The summed E-state index contributed by atoms with van der Waals surface area (Å²) in [6.07, 6.45) is 3.73. The smallest absolute Gasteiger partial charge is 0.248 e. The van der Waals surface area contributed by atoms with Crippen molar-refractivity contribution in [2.75, 3.05) is 17.3 Å². The molecular formula is C28H22ClN3O4. The largest absolute Gasteiger partial charge is 0.495 e. The molecule has 180 valence electrons. The number of nitrogens with one attached hydrogen (secondary N) is 1. The van der Waals surface area contributed by atoms with Crippen LogP contribution < -0.4 is 15.0 Å². The molecule has 36 heavy (non-hydrogen) atoms. The molecule has 0 radical (unpaired) electrons. The van der Waals surface area contributed by atoms with Gasteiger partial charge in [-0.3, -0.25) is 14.4 Å². The predicted octanol–water partition coefficient (Wildman–Crippen LogP) is 4.50. The summed E-state index contributed by atoms with van der Waals surface area (Å²) in [6.45, 7) is 0. The molecule has 2 saturated heterocycles. The molecule has 1 N–H and O–H groups in total. The lowest BCUT2D eigenvalue weighted by molar-refractivity contribution is -0.128. The minimum atomic E-state index is -0.904. The van der Waals surface area contributed by atoms with Crippen LogP contribution in [0.1, 0.15) is 17.2 Å². The first-order chi connectivity index (χ1) is 17.5. The Morgan fingerprint density at radius 2 is 1.67 bits per heavy atom. The van der Waals surface area contributed by atoms with Gasteiger partial charge in [-0.15, -0.1) is 0 Å². The van der Waals surface area contributed by atoms with E-state index in [1.165, 1.54) is 12.0 Å². The number of halogens is 1. The van der Waals surface area contributed by atoms with Crippen molar-refractivity contribution in [3.63, 3.8) is 0 Å². The van der Waals surface area contributed by atoms with Gasteiger partial charge in [-0.1, -0.05) is 54.1 Å². The summed E-state index contributed by atoms with van der Waals surface area (Å²) in [7, 11) is 1.50. The van der Waals surface area contributed by atoms with Crippen LogP contribution in [0.2, 0.25) is 5.02 Å². The molecule has 0 aromatic heterocycles. The quantitative estimate of drug-likeness (QED) is 0.535. The van der Waals surface area contributed by atoms with Crippen molar-refractivity contribution in [2.24, 2.45) is 11.8 Å². The number of amides is 3. The molecule has 3 aliphatic rings. The van der Waals surface area contributed by atoms with E-state index in [1.807, 2.05) is 47.5 Å². The fourth-order valence-electron chi connectivity index (χ4n) is 5.67. The molecule has 3 amide bonds. The summed E-state index contributed by atoms with van der Waals surface area (Å²) >= 11 is 6.17. The molecule has 0 spiro atoms. The molecule has 0 bridgehead atoms. The molecule has 3 heterocycles. The number of hydrogen-bond acceptors (Lipinski definition) is 5. The highest BCUT2D eigenvalue weighted by molar-refractivity contribution is 6.31. The van der Waals surface area contributed by atoms with Gasteiger partial charge in [-0.05, 0) is 47.5 Å². The SMILES string of the molecule is COc1ccc(Cl)cc1NC(=O)C1C2C(=O)N(c3ccccc3)C(=O)C2C2c3ccccc3C=CN12. The molecule has 3 aliphatic heterocycles. The van der Waals surface area contributed by atoms with Crippen LogP contribution in [0.4, 0.5) is 11.4 Å². The number of methoxy groups -OCH3 is 1. The molecule has 2 fully saturated rings. The minimum Gasteiger partial charge on any atom is -0.495 e. The lowest BCUT2D eigenvalue weighted by Crippen LogP contribution is -2.46. The van der Waals surface area contributed by atoms with Crippen LogP contribution in [0.3, 0.4) is 0 Å². The summed E-state index contributed by atoms with van der Waals surface area (Å²) in [6, 6.07) is 20.2. The van der Waals surface area contributed by atoms with Crippen molar-refractivity contribution in [2.45, 2.75) is 12.1 Å². The highest BCUT2D eigenvalue weighted by Gasteiger charge is 2.64. The molecule has 0 aliphatic carbocycles. The normalized spacial score (nSPS) is 23.8. The van der Waals surface area contributed by atoms with Gasteiger partial charge in [0.2, 0.25) is 17.7 Å². The molecule has 4 unspecified atom stereocenters. The Kier molecular flexibility index (Phi) is 5.30.